The van der Waals surface area contributed by atoms with Gasteiger partial charge in [0.1, 0.15) is 0 Å². The summed E-state index contributed by atoms with van der Waals surface area (Å²) >= 11 is 1.31. The molecule has 1 heterocycles. The molecular formula is C12H13N3O6S2. The molecular weight excluding hydrogens is 346 g/mol. The van der Waals surface area contributed by atoms with E-state index in [1.807, 2.05) is 0 Å². The molecule has 1 N–H and O–H groups in total. The first-order valence-electron chi connectivity index (χ1n) is 6.33. The van der Waals surface area contributed by atoms with E-state index in [1.165, 1.54) is 36.0 Å². The number of nitro benzene ring substituents is 1. The molecule has 2 rings (SSSR count). The van der Waals surface area contributed by atoms with Gasteiger partial charge >= 0.3 is 6.09 Å². The van der Waals surface area contributed by atoms with E-state index in [2.05, 4.69) is 15.3 Å². The van der Waals surface area contributed by atoms with E-state index in [0.29, 0.717) is 0 Å². The SMILES string of the molecule is CS[C@@H]1CS(=O)(=O)C/C1=N\OC(=O)Nc1cccc([N+](=O)[O-])c1. The van der Waals surface area contributed by atoms with Gasteiger partial charge in [-0.2, -0.15) is 11.8 Å². The fraction of sp³-hybridized carbons (Fsp3) is 0.333. The zero-order valence-electron chi connectivity index (χ0n) is 12.0. The Kier molecular flexibility index (Phi) is 5.21. The van der Waals surface area contributed by atoms with Gasteiger partial charge in [-0.1, -0.05) is 11.2 Å². The highest BCUT2D eigenvalue weighted by molar-refractivity contribution is 8.02. The third-order valence-electron chi connectivity index (χ3n) is 2.98. The first-order chi connectivity index (χ1) is 10.8. The molecule has 0 spiro atoms. The van der Waals surface area contributed by atoms with E-state index in [-0.39, 0.29) is 33.8 Å². The summed E-state index contributed by atoms with van der Waals surface area (Å²) in [5.41, 5.74) is 0.259. The predicted molar refractivity (Wildman–Crippen MR) is 86.6 cm³/mol. The number of sulfone groups is 1. The lowest BCUT2D eigenvalue weighted by Gasteiger charge is -2.05. The molecule has 124 valence electrons. The summed E-state index contributed by atoms with van der Waals surface area (Å²) in [7, 11) is -3.22. The highest BCUT2D eigenvalue weighted by Crippen LogP contribution is 2.21. The standard InChI is InChI=1S/C12H13N3O6S2/c1-22-11-7-23(19,20)6-10(11)14-21-12(16)13-8-3-2-4-9(5-8)15(17)18/h2-5,11H,6-7H2,1H3,(H,13,16)/b14-10+/t11-/m1/s1. The number of oxime groups is 1. The predicted octanol–water partition coefficient (Wildman–Crippen LogP) is 1.66. The van der Waals surface area contributed by atoms with Gasteiger partial charge in [-0.05, 0) is 12.3 Å². The van der Waals surface area contributed by atoms with Crippen LogP contribution in [0.2, 0.25) is 0 Å². The van der Waals surface area contributed by atoms with Crippen molar-refractivity contribution >= 4 is 44.8 Å². The quantitative estimate of drug-likeness (QED) is 0.492. The average molecular weight is 359 g/mol. The third-order valence-corrected chi connectivity index (χ3v) is 5.77. The number of benzene rings is 1. The molecule has 0 aromatic heterocycles. The summed E-state index contributed by atoms with van der Waals surface area (Å²) < 4.78 is 23.1. The molecule has 0 bridgehead atoms. The molecule has 1 saturated heterocycles. The van der Waals surface area contributed by atoms with Gasteiger partial charge in [0.25, 0.3) is 5.69 Å². The smallest absolute Gasteiger partial charge is 0.298 e. The van der Waals surface area contributed by atoms with Crippen LogP contribution in [0, 0.1) is 10.1 Å². The van der Waals surface area contributed by atoms with Crippen molar-refractivity contribution in [3.8, 4) is 0 Å². The molecule has 1 atom stereocenters. The summed E-state index contributed by atoms with van der Waals surface area (Å²) in [4.78, 5) is 26.3. The third kappa shape index (κ3) is 4.66. The van der Waals surface area contributed by atoms with Crippen molar-refractivity contribution < 1.29 is 23.0 Å². The number of nitro groups is 1. The molecule has 11 heteroatoms. The Hall–Kier alpha value is -2.14. The maximum atomic E-state index is 11.6. The van der Waals surface area contributed by atoms with Crippen molar-refractivity contribution in [3.63, 3.8) is 0 Å². The van der Waals surface area contributed by atoms with Gasteiger partial charge in [0, 0.05) is 12.1 Å². The van der Waals surface area contributed by atoms with Crippen LogP contribution in [0.4, 0.5) is 16.2 Å². The van der Waals surface area contributed by atoms with Crippen LogP contribution in [0.1, 0.15) is 0 Å². The van der Waals surface area contributed by atoms with Crippen molar-refractivity contribution in [1.29, 1.82) is 0 Å². The molecule has 9 nitrogen and oxygen atoms in total. The molecule has 1 fully saturated rings. The fourth-order valence-electron chi connectivity index (χ4n) is 1.93. The second kappa shape index (κ2) is 6.96. The van der Waals surface area contributed by atoms with Crippen molar-refractivity contribution in [3.05, 3.63) is 34.4 Å². The number of nitrogens with one attached hydrogen (secondary N) is 1. The maximum Gasteiger partial charge on any atom is 0.437 e. The molecule has 0 unspecified atom stereocenters. The lowest BCUT2D eigenvalue weighted by atomic mass is 10.3. The molecule has 0 radical (unpaired) electrons. The number of nitrogens with zero attached hydrogens (tertiary/aromatic N) is 2. The zero-order valence-corrected chi connectivity index (χ0v) is 13.6. The van der Waals surface area contributed by atoms with E-state index >= 15 is 0 Å². The van der Waals surface area contributed by atoms with E-state index in [4.69, 9.17) is 0 Å². The molecule has 1 aromatic rings. The second-order valence-corrected chi connectivity index (χ2v) is 7.82. The fourth-order valence-corrected chi connectivity index (χ4v) is 5.08. The van der Waals surface area contributed by atoms with Crippen molar-refractivity contribution in [1.82, 2.24) is 0 Å². The van der Waals surface area contributed by atoms with Crippen LogP contribution in [0.3, 0.4) is 0 Å². The van der Waals surface area contributed by atoms with Crippen molar-refractivity contribution in [2.24, 2.45) is 5.16 Å². The van der Waals surface area contributed by atoms with Crippen LogP contribution in [0.25, 0.3) is 0 Å². The molecule has 23 heavy (non-hydrogen) atoms. The lowest BCUT2D eigenvalue weighted by molar-refractivity contribution is -0.384. The number of amides is 1. The van der Waals surface area contributed by atoms with Crippen LogP contribution in [-0.2, 0) is 14.7 Å². The Balaban J connectivity index is 2.01. The Bertz CT molecular complexity index is 762. The molecule has 1 amide bonds. The number of non-ortho nitro benzene ring substituents is 1. The molecule has 0 aliphatic carbocycles. The van der Waals surface area contributed by atoms with E-state index < -0.39 is 20.9 Å². The first kappa shape index (κ1) is 17.2. The monoisotopic (exact) mass is 359 g/mol. The summed E-state index contributed by atoms with van der Waals surface area (Å²) in [6, 6.07) is 5.31. The maximum absolute atomic E-state index is 11.6. The van der Waals surface area contributed by atoms with Crippen LogP contribution < -0.4 is 5.32 Å². The normalized spacial score (nSPS) is 21.1. The minimum Gasteiger partial charge on any atom is -0.298 e. The first-order valence-corrected chi connectivity index (χ1v) is 9.44. The number of hydrogen-bond donors (Lipinski definition) is 1. The summed E-state index contributed by atoms with van der Waals surface area (Å²) in [6.07, 6.45) is 0.784. The lowest BCUT2D eigenvalue weighted by Crippen LogP contribution is -2.17. The number of carbonyl (C=O) groups is 1. The van der Waals surface area contributed by atoms with Crippen molar-refractivity contribution in [2.45, 2.75) is 5.25 Å². The van der Waals surface area contributed by atoms with E-state index in [9.17, 15) is 23.3 Å². The van der Waals surface area contributed by atoms with Crippen LogP contribution in [-0.4, -0.2) is 48.2 Å². The number of hydrogen-bond acceptors (Lipinski definition) is 8. The summed E-state index contributed by atoms with van der Waals surface area (Å²) in [5, 5.41) is 16.2. The topological polar surface area (TPSA) is 128 Å². The van der Waals surface area contributed by atoms with Gasteiger partial charge in [0.05, 0.1) is 33.1 Å². The van der Waals surface area contributed by atoms with Crippen LogP contribution >= 0.6 is 11.8 Å². The van der Waals surface area contributed by atoms with Gasteiger partial charge in [-0.15, -0.1) is 0 Å². The number of thioether (sulfide) groups is 1. The highest BCUT2D eigenvalue weighted by Gasteiger charge is 2.34. The van der Waals surface area contributed by atoms with Gasteiger partial charge < -0.3 is 0 Å². The Morgan fingerprint density at radius 3 is 2.91 bits per heavy atom. The largest absolute Gasteiger partial charge is 0.437 e. The Labute approximate surface area is 136 Å². The average Bonchev–Trinajstić information content (AvgIpc) is 2.79. The molecule has 1 aromatic carbocycles. The number of carbonyl (C=O) groups excluding carboxylic acids is 1. The molecule has 0 saturated carbocycles. The van der Waals surface area contributed by atoms with Gasteiger partial charge in [-0.25, -0.2) is 13.2 Å². The summed E-state index contributed by atoms with van der Waals surface area (Å²) in [5.74, 6) is -0.286. The summed E-state index contributed by atoms with van der Waals surface area (Å²) in [6.45, 7) is 0. The molecule has 1 aliphatic heterocycles. The Morgan fingerprint density at radius 1 is 1.52 bits per heavy atom. The van der Waals surface area contributed by atoms with Gasteiger partial charge in [-0.3, -0.25) is 20.3 Å². The zero-order chi connectivity index (χ0) is 17.0. The van der Waals surface area contributed by atoms with Gasteiger partial charge in [0.2, 0.25) is 0 Å². The van der Waals surface area contributed by atoms with Crippen LogP contribution in [0.15, 0.2) is 29.4 Å². The second-order valence-electron chi connectivity index (χ2n) is 4.67. The highest BCUT2D eigenvalue weighted by atomic mass is 32.2. The number of rotatable bonds is 4. The molecule has 1 aliphatic rings. The van der Waals surface area contributed by atoms with E-state index in [1.54, 1.807) is 6.26 Å². The van der Waals surface area contributed by atoms with Gasteiger partial charge in [0.15, 0.2) is 9.84 Å². The minimum atomic E-state index is -3.22. The van der Waals surface area contributed by atoms with Crippen molar-refractivity contribution in [2.75, 3.05) is 23.1 Å². The Morgan fingerprint density at radius 2 is 2.26 bits per heavy atom. The number of anilines is 1. The minimum absolute atomic E-state index is 0.0388. The van der Waals surface area contributed by atoms with E-state index in [0.717, 1.165) is 0 Å². The van der Waals surface area contributed by atoms with Crippen LogP contribution in [0.5, 0.6) is 0 Å².